The second-order valence-electron chi connectivity index (χ2n) is 31.3. The first kappa shape index (κ1) is 74.9. The molecule has 0 saturated heterocycles. The van der Waals surface area contributed by atoms with Crippen molar-refractivity contribution in [2.45, 2.75) is 81.1 Å². The predicted octanol–water partition coefficient (Wildman–Crippen LogP) is 24.7. The number of fused-ring (bicyclic) bond motifs is 12. The van der Waals surface area contributed by atoms with Crippen molar-refractivity contribution < 1.29 is 35.9 Å². The van der Waals surface area contributed by atoms with Gasteiger partial charge in [-0.2, -0.15) is 0 Å². The van der Waals surface area contributed by atoms with E-state index in [-0.39, 0.29) is 0 Å². The Bertz CT molecular complexity index is 7130. The van der Waals surface area contributed by atoms with Crippen molar-refractivity contribution in [2.75, 3.05) is 0 Å². The van der Waals surface area contributed by atoms with Crippen molar-refractivity contribution in [3.63, 3.8) is 0 Å². The van der Waals surface area contributed by atoms with Crippen molar-refractivity contribution in [1.29, 1.82) is 0 Å². The summed E-state index contributed by atoms with van der Waals surface area (Å²) in [6.45, 7) is 21.7. The van der Waals surface area contributed by atoms with Crippen LogP contribution in [-0.2, 0) is 28.2 Å². The molecule has 0 radical (unpaired) electrons. The third-order valence-electron chi connectivity index (χ3n) is 22.7. The van der Waals surface area contributed by atoms with E-state index in [9.17, 15) is 0 Å². The Morgan fingerprint density at radius 1 is 0.267 bits per heavy atom. The molecule has 0 aliphatic heterocycles. The Balaban J connectivity index is 0.000000111. The van der Waals surface area contributed by atoms with Gasteiger partial charge < -0.3 is 17.7 Å². The number of hydrogen-bond acceptors (Lipinski definition) is 8. The SMILES string of the molecule is Cc1ccc(-c2cc[n+](C)c(-c3c(C)ccc4c3oc3ncccc34)c2)cc1.Cc1ccc(-c2ccc[n+](C)c2-c2c(C)ccc3c2oc2ncccc23)cc1.Cc1ccc2c(oc3ncccc32)c1-c1cc(-c2ccc(C(C)C)cc2)cc[n+]1C.Cc1ccc2c(oc3ncccc32)c1-c1ccc(-c2ccc(C(C)C)cc2)c[n+]1C. The summed E-state index contributed by atoms with van der Waals surface area (Å²) in [5.74, 6) is 1.07. The summed E-state index contributed by atoms with van der Waals surface area (Å²) < 4.78 is 33.6. The lowest BCUT2D eigenvalue weighted by Gasteiger charge is -2.11. The monoisotopic (exact) mass is 1520 g/mol. The number of hydrogen-bond donors (Lipinski definition) is 0. The van der Waals surface area contributed by atoms with Crippen LogP contribution >= 0.6 is 0 Å². The van der Waals surface area contributed by atoms with Crippen LogP contribution in [0.2, 0.25) is 0 Å². The number of benzene rings is 8. The van der Waals surface area contributed by atoms with Crippen molar-refractivity contribution in [2.24, 2.45) is 28.2 Å². The van der Waals surface area contributed by atoms with E-state index in [1.165, 1.54) is 89.0 Å². The average Bonchev–Trinajstić information content (AvgIpc) is 1.57. The minimum Gasteiger partial charge on any atom is -0.437 e. The first-order valence-corrected chi connectivity index (χ1v) is 39.7. The number of aromatic nitrogens is 8. The van der Waals surface area contributed by atoms with Crippen LogP contribution in [0.3, 0.4) is 0 Å². The molecule has 0 unspecified atom stereocenters. The summed E-state index contributed by atoms with van der Waals surface area (Å²) >= 11 is 0. The molecule has 0 aliphatic carbocycles. The summed E-state index contributed by atoms with van der Waals surface area (Å²) in [4.78, 5) is 17.7. The van der Waals surface area contributed by atoms with E-state index in [1.807, 2.05) is 24.3 Å². The Morgan fingerprint density at radius 3 is 0.983 bits per heavy atom. The average molecular weight is 1520 g/mol. The van der Waals surface area contributed by atoms with Gasteiger partial charge >= 0.3 is 0 Å². The topological polar surface area (TPSA) is 120 Å². The molecule has 8 aromatic carbocycles. The number of pyridine rings is 8. The molecule has 0 spiro atoms. The van der Waals surface area contributed by atoms with Gasteiger partial charge in [-0.3, -0.25) is 0 Å². The predicted molar refractivity (Wildman–Crippen MR) is 471 cm³/mol. The van der Waals surface area contributed by atoms with Gasteiger partial charge in [-0.05, 0) is 181 Å². The van der Waals surface area contributed by atoms with Gasteiger partial charge in [0, 0.05) is 110 Å². The highest BCUT2D eigenvalue weighted by Crippen LogP contribution is 2.43. The minimum absolute atomic E-state index is 0.533. The molecule has 0 amide bonds. The maximum absolute atomic E-state index is 6.26. The Hall–Kier alpha value is -13.8. The Morgan fingerprint density at radius 2 is 0.603 bits per heavy atom. The highest BCUT2D eigenvalue weighted by molar-refractivity contribution is 6.12. The third-order valence-corrected chi connectivity index (χ3v) is 22.7. The van der Waals surface area contributed by atoms with E-state index in [2.05, 4.69) is 379 Å². The normalized spacial score (nSPS) is 11.5. The standard InChI is InChI=1S/2C27H25N2O.2C25H21N2O/c1-17(2)19-8-10-20(11-9-19)21-12-14-24(29(4)16-21)25-18(3)7-13-22-23-6-5-15-28-27(23)30-26(22)25;1-17(2)19-8-10-20(11-9-19)21-13-15-29(4)24(16-21)25-18(3)7-12-22-23-6-5-14-28-27(23)30-26(22)25;1-16-8-11-18(12-9-16)19-7-5-15-27(3)23(19)22-17(2)10-13-20-21-6-4-14-26-25(21)28-24(20)22;1-16-6-9-18(10-7-16)19-12-14-27(3)22(15-19)23-17(2)8-11-20-21-5-4-13-26-25(21)28-24(20)23/h2*5-17H,1-4H3;2*4-15H,1-3H3/q4*+1. The van der Waals surface area contributed by atoms with Gasteiger partial charge in [-0.15, -0.1) is 0 Å². The number of aryl methyl sites for hydroxylation is 10. The zero-order chi connectivity index (χ0) is 80.2. The molecule has 0 saturated carbocycles. The van der Waals surface area contributed by atoms with Gasteiger partial charge in [-0.1, -0.05) is 184 Å². The molecule has 0 aliphatic rings. The molecule has 0 bridgehead atoms. The molecule has 0 fully saturated rings. The largest absolute Gasteiger partial charge is 0.437 e. The molecule has 12 heteroatoms. The quantitative estimate of drug-likeness (QED) is 0.124. The van der Waals surface area contributed by atoms with Gasteiger partial charge in [0.15, 0.2) is 47.1 Å². The second-order valence-corrected chi connectivity index (χ2v) is 31.3. The highest BCUT2D eigenvalue weighted by atomic mass is 16.4. The molecule has 568 valence electrons. The minimum atomic E-state index is 0.533. The lowest BCUT2D eigenvalue weighted by molar-refractivity contribution is -0.660. The van der Waals surface area contributed by atoms with Gasteiger partial charge in [0.1, 0.15) is 28.2 Å². The molecule has 12 heterocycles. The van der Waals surface area contributed by atoms with E-state index in [4.69, 9.17) is 17.7 Å². The summed E-state index contributed by atoms with van der Waals surface area (Å²) in [5.41, 5.74) is 34.9. The first-order chi connectivity index (χ1) is 56.3. The van der Waals surface area contributed by atoms with E-state index < -0.39 is 0 Å². The van der Waals surface area contributed by atoms with Crippen LogP contribution in [0.1, 0.15) is 84.0 Å². The summed E-state index contributed by atoms with van der Waals surface area (Å²) in [7, 11) is 8.35. The molecule has 12 aromatic heterocycles. The summed E-state index contributed by atoms with van der Waals surface area (Å²) in [6, 6.07) is 85.9. The maximum atomic E-state index is 6.26. The zero-order valence-corrected chi connectivity index (χ0v) is 68.1. The highest BCUT2D eigenvalue weighted by Gasteiger charge is 2.28. The molecule has 0 atom stereocenters. The van der Waals surface area contributed by atoms with Crippen LogP contribution in [0.4, 0.5) is 0 Å². The molecule has 12 nitrogen and oxygen atoms in total. The van der Waals surface area contributed by atoms with Crippen LogP contribution in [-0.4, -0.2) is 19.9 Å². The van der Waals surface area contributed by atoms with Crippen LogP contribution in [0.5, 0.6) is 0 Å². The van der Waals surface area contributed by atoms with E-state index in [0.717, 1.165) is 110 Å². The van der Waals surface area contributed by atoms with E-state index in [0.29, 0.717) is 34.7 Å². The Labute approximate surface area is 675 Å². The molecule has 20 aromatic rings. The molecule has 20 rings (SSSR count). The summed E-state index contributed by atoms with van der Waals surface area (Å²) in [5, 5.41) is 8.62. The zero-order valence-electron chi connectivity index (χ0n) is 68.1. The smallest absolute Gasteiger partial charge is 0.227 e. The molecular formula is C104H92N8O4+4. The number of nitrogens with zero attached hydrogens (tertiary/aromatic N) is 8. The fourth-order valence-electron chi connectivity index (χ4n) is 16.1. The lowest BCUT2D eigenvalue weighted by atomic mass is 9.94. The first-order valence-electron chi connectivity index (χ1n) is 39.7. The van der Waals surface area contributed by atoms with Crippen LogP contribution < -0.4 is 18.3 Å². The third kappa shape index (κ3) is 14.2. The maximum Gasteiger partial charge on any atom is 0.227 e. The lowest BCUT2D eigenvalue weighted by Crippen LogP contribution is -2.31. The summed E-state index contributed by atoms with van der Waals surface area (Å²) in [6.07, 6.45) is 15.6. The molecular weight excluding hydrogens is 1430 g/mol. The molecule has 116 heavy (non-hydrogen) atoms. The number of furan rings is 4. The van der Waals surface area contributed by atoms with Gasteiger partial charge in [-0.25, -0.2) is 38.2 Å². The van der Waals surface area contributed by atoms with Gasteiger partial charge in [0.25, 0.3) is 0 Å². The second kappa shape index (κ2) is 31.3. The van der Waals surface area contributed by atoms with Crippen molar-refractivity contribution >= 4 is 88.3 Å². The van der Waals surface area contributed by atoms with E-state index in [1.54, 1.807) is 24.8 Å². The fraction of sp³-hybridized carbons (Fsp3) is 0.154. The van der Waals surface area contributed by atoms with Crippen LogP contribution in [0.25, 0.3) is 178 Å². The van der Waals surface area contributed by atoms with E-state index >= 15 is 0 Å². The van der Waals surface area contributed by atoms with Gasteiger partial charge in [0.05, 0.1) is 27.8 Å². The van der Waals surface area contributed by atoms with Crippen LogP contribution in [0.15, 0.2) is 310 Å². The fourth-order valence-corrected chi connectivity index (χ4v) is 16.1. The van der Waals surface area contributed by atoms with Crippen molar-refractivity contribution in [3.8, 4) is 89.5 Å². The van der Waals surface area contributed by atoms with Gasteiger partial charge in [0.2, 0.25) is 45.6 Å². The van der Waals surface area contributed by atoms with Crippen LogP contribution in [0, 0.1) is 41.5 Å². The molecule has 0 N–H and O–H groups in total. The number of rotatable bonds is 10. The van der Waals surface area contributed by atoms with Crippen molar-refractivity contribution in [1.82, 2.24) is 19.9 Å². The van der Waals surface area contributed by atoms with Crippen molar-refractivity contribution in [3.05, 3.63) is 337 Å². The Kier molecular flexibility index (Phi) is 20.2.